The number of carbonyl (C=O) groups is 2. The lowest BCUT2D eigenvalue weighted by molar-refractivity contribution is -0.142. The molecule has 1 aromatic rings. The fourth-order valence-electron chi connectivity index (χ4n) is 2.65. The number of likely N-dealkylation sites (tertiary alicyclic amines) is 1. The Morgan fingerprint density at radius 3 is 2.95 bits per heavy atom. The molecule has 2 aliphatic heterocycles. The minimum atomic E-state index is -0.872. The lowest BCUT2D eigenvalue weighted by Gasteiger charge is -2.20. The molecule has 0 aliphatic carbocycles. The van der Waals surface area contributed by atoms with Crippen molar-refractivity contribution in [1.82, 2.24) is 4.90 Å². The number of nitrogens with one attached hydrogen (secondary N) is 1. The fourth-order valence-corrected chi connectivity index (χ4v) is 2.65. The molecule has 2 N–H and O–H groups in total. The molecule has 0 saturated carbocycles. The molecule has 2 heterocycles. The molecule has 0 radical (unpaired) electrons. The number of carboxylic acids is 1. The van der Waals surface area contributed by atoms with Gasteiger partial charge in [0, 0.05) is 11.8 Å². The van der Waals surface area contributed by atoms with E-state index in [0.29, 0.717) is 30.2 Å². The Labute approximate surface area is 121 Å². The maximum atomic E-state index is 12.0. The molecule has 7 nitrogen and oxygen atoms in total. The Kier molecular flexibility index (Phi) is 3.66. The van der Waals surface area contributed by atoms with Crippen LogP contribution in [-0.4, -0.2) is 47.8 Å². The highest BCUT2D eigenvalue weighted by molar-refractivity contribution is 5.93. The van der Waals surface area contributed by atoms with Crippen molar-refractivity contribution in [1.29, 1.82) is 0 Å². The molecular formula is C14H16N2O5. The SMILES string of the molecule is O=C(CN1CCCC1C(=O)O)Nc1ccc2c(c1)OCO2. The van der Waals surface area contributed by atoms with Crippen LogP contribution in [0.15, 0.2) is 18.2 Å². The number of benzene rings is 1. The van der Waals surface area contributed by atoms with Gasteiger partial charge in [-0.15, -0.1) is 0 Å². The first-order chi connectivity index (χ1) is 10.1. The average molecular weight is 292 g/mol. The lowest BCUT2D eigenvalue weighted by Crippen LogP contribution is -2.40. The molecule has 2 aliphatic rings. The molecule has 21 heavy (non-hydrogen) atoms. The van der Waals surface area contributed by atoms with Crippen molar-refractivity contribution in [3.05, 3.63) is 18.2 Å². The Bertz CT molecular complexity index is 574. The van der Waals surface area contributed by atoms with Gasteiger partial charge in [-0.25, -0.2) is 0 Å². The number of nitrogens with zero attached hydrogens (tertiary/aromatic N) is 1. The molecule has 1 unspecified atom stereocenters. The summed E-state index contributed by atoms with van der Waals surface area (Å²) in [6, 6.07) is 4.59. The Morgan fingerprint density at radius 1 is 1.33 bits per heavy atom. The number of aliphatic carboxylic acids is 1. The van der Waals surface area contributed by atoms with Gasteiger partial charge in [0.25, 0.3) is 0 Å². The van der Waals surface area contributed by atoms with E-state index in [1.165, 1.54) is 0 Å². The normalized spacial score (nSPS) is 20.5. The predicted octanol–water partition coefficient (Wildman–Crippen LogP) is 0.903. The molecule has 3 rings (SSSR count). The molecule has 0 aromatic heterocycles. The first-order valence-corrected chi connectivity index (χ1v) is 6.80. The van der Waals surface area contributed by atoms with E-state index in [0.717, 1.165) is 6.42 Å². The number of hydrogen-bond acceptors (Lipinski definition) is 5. The van der Waals surface area contributed by atoms with E-state index in [2.05, 4.69) is 5.32 Å². The number of hydrogen-bond donors (Lipinski definition) is 2. The zero-order valence-electron chi connectivity index (χ0n) is 11.4. The second-order valence-electron chi connectivity index (χ2n) is 5.08. The highest BCUT2D eigenvalue weighted by Crippen LogP contribution is 2.34. The first-order valence-electron chi connectivity index (χ1n) is 6.80. The van der Waals surface area contributed by atoms with Crippen LogP contribution in [0, 0.1) is 0 Å². The minimum absolute atomic E-state index is 0.0748. The van der Waals surface area contributed by atoms with Crippen molar-refractivity contribution in [2.24, 2.45) is 0 Å². The van der Waals surface area contributed by atoms with Gasteiger partial charge in [0.1, 0.15) is 6.04 Å². The fraction of sp³-hybridized carbons (Fsp3) is 0.429. The van der Waals surface area contributed by atoms with Crippen LogP contribution >= 0.6 is 0 Å². The lowest BCUT2D eigenvalue weighted by atomic mass is 10.2. The van der Waals surface area contributed by atoms with Gasteiger partial charge >= 0.3 is 5.97 Å². The average Bonchev–Trinajstić information content (AvgIpc) is 3.06. The molecule has 1 atom stereocenters. The summed E-state index contributed by atoms with van der Waals surface area (Å²) in [5.74, 6) is 0.140. The summed E-state index contributed by atoms with van der Waals surface area (Å²) in [6.45, 7) is 0.887. The number of rotatable bonds is 4. The molecular weight excluding hydrogens is 276 g/mol. The zero-order chi connectivity index (χ0) is 14.8. The third-order valence-electron chi connectivity index (χ3n) is 3.65. The van der Waals surface area contributed by atoms with Crippen molar-refractivity contribution in [2.75, 3.05) is 25.2 Å². The summed E-state index contributed by atoms with van der Waals surface area (Å²) in [5.41, 5.74) is 0.607. The van der Waals surface area contributed by atoms with E-state index in [9.17, 15) is 9.59 Å². The van der Waals surface area contributed by atoms with Gasteiger partial charge in [0.15, 0.2) is 11.5 Å². The largest absolute Gasteiger partial charge is 0.480 e. The summed E-state index contributed by atoms with van der Waals surface area (Å²) in [6.07, 6.45) is 1.39. The Balaban J connectivity index is 1.60. The molecule has 1 aromatic carbocycles. The van der Waals surface area contributed by atoms with Gasteiger partial charge in [0.2, 0.25) is 12.7 Å². The molecule has 1 amide bonds. The molecule has 1 saturated heterocycles. The highest BCUT2D eigenvalue weighted by Gasteiger charge is 2.31. The van der Waals surface area contributed by atoms with Gasteiger partial charge in [-0.1, -0.05) is 0 Å². The quantitative estimate of drug-likeness (QED) is 0.857. The molecule has 0 bridgehead atoms. The molecule has 7 heteroatoms. The summed E-state index contributed by atoms with van der Waals surface area (Å²) < 4.78 is 10.4. The van der Waals surface area contributed by atoms with Crippen molar-refractivity contribution in [2.45, 2.75) is 18.9 Å². The minimum Gasteiger partial charge on any atom is -0.480 e. The summed E-state index contributed by atoms with van der Waals surface area (Å²) >= 11 is 0. The van der Waals surface area contributed by atoms with Crippen LogP contribution in [0.5, 0.6) is 11.5 Å². The smallest absolute Gasteiger partial charge is 0.320 e. The third kappa shape index (κ3) is 2.92. The Hall–Kier alpha value is -2.28. The van der Waals surface area contributed by atoms with Gasteiger partial charge in [-0.2, -0.15) is 0 Å². The van der Waals surface area contributed by atoms with Crippen molar-refractivity contribution >= 4 is 17.6 Å². The van der Waals surface area contributed by atoms with E-state index in [1.54, 1.807) is 23.1 Å². The van der Waals surface area contributed by atoms with Crippen molar-refractivity contribution < 1.29 is 24.2 Å². The number of amides is 1. The summed E-state index contributed by atoms with van der Waals surface area (Å²) in [4.78, 5) is 24.8. The first kappa shape index (κ1) is 13.7. The van der Waals surface area contributed by atoms with Crippen LogP contribution in [-0.2, 0) is 9.59 Å². The van der Waals surface area contributed by atoms with E-state index in [1.807, 2.05) is 0 Å². The number of fused-ring (bicyclic) bond motifs is 1. The second-order valence-corrected chi connectivity index (χ2v) is 5.08. The molecule has 112 valence electrons. The van der Waals surface area contributed by atoms with E-state index >= 15 is 0 Å². The van der Waals surface area contributed by atoms with E-state index in [4.69, 9.17) is 14.6 Å². The maximum Gasteiger partial charge on any atom is 0.320 e. The number of carbonyl (C=O) groups excluding carboxylic acids is 1. The second kappa shape index (κ2) is 5.61. The van der Waals surface area contributed by atoms with Gasteiger partial charge in [0.05, 0.1) is 6.54 Å². The standard InChI is InChI=1S/C14H16N2O5/c17-13(7-16-5-1-2-10(16)14(18)19)15-9-3-4-11-12(6-9)21-8-20-11/h3-4,6,10H,1-2,5,7-8H2,(H,15,17)(H,18,19). The van der Waals surface area contributed by atoms with Crippen LogP contribution in [0.1, 0.15) is 12.8 Å². The van der Waals surface area contributed by atoms with E-state index < -0.39 is 12.0 Å². The molecule has 1 fully saturated rings. The predicted molar refractivity (Wildman–Crippen MR) is 73.4 cm³/mol. The Morgan fingerprint density at radius 2 is 2.14 bits per heavy atom. The third-order valence-corrected chi connectivity index (χ3v) is 3.65. The van der Waals surface area contributed by atoms with Gasteiger partial charge in [-0.05, 0) is 31.5 Å². The van der Waals surface area contributed by atoms with Crippen LogP contribution < -0.4 is 14.8 Å². The van der Waals surface area contributed by atoms with Gasteiger partial charge < -0.3 is 19.9 Å². The van der Waals surface area contributed by atoms with Crippen LogP contribution in [0.2, 0.25) is 0 Å². The van der Waals surface area contributed by atoms with Crippen molar-refractivity contribution in [3.8, 4) is 11.5 Å². The zero-order valence-corrected chi connectivity index (χ0v) is 11.4. The van der Waals surface area contributed by atoms with Crippen LogP contribution in [0.3, 0.4) is 0 Å². The highest BCUT2D eigenvalue weighted by atomic mass is 16.7. The number of carboxylic acid groups (broad SMARTS) is 1. The monoisotopic (exact) mass is 292 g/mol. The summed E-state index contributed by atoms with van der Waals surface area (Å²) in [7, 11) is 0. The topological polar surface area (TPSA) is 88.1 Å². The van der Waals surface area contributed by atoms with Crippen LogP contribution in [0.4, 0.5) is 5.69 Å². The summed E-state index contributed by atoms with van der Waals surface area (Å²) in [5, 5.41) is 11.8. The molecule has 0 spiro atoms. The number of anilines is 1. The van der Waals surface area contributed by atoms with Gasteiger partial charge in [-0.3, -0.25) is 14.5 Å². The maximum absolute atomic E-state index is 12.0. The number of ether oxygens (including phenoxy) is 2. The van der Waals surface area contributed by atoms with E-state index in [-0.39, 0.29) is 19.2 Å². The van der Waals surface area contributed by atoms with Crippen LogP contribution in [0.25, 0.3) is 0 Å². The van der Waals surface area contributed by atoms with Crippen molar-refractivity contribution in [3.63, 3.8) is 0 Å².